The van der Waals surface area contributed by atoms with E-state index in [-0.39, 0.29) is 11.8 Å². The van der Waals surface area contributed by atoms with Gasteiger partial charge in [0.1, 0.15) is 5.41 Å². The van der Waals surface area contributed by atoms with Gasteiger partial charge in [0, 0.05) is 18.8 Å². The van der Waals surface area contributed by atoms with Crippen LogP contribution in [0.3, 0.4) is 0 Å². The second-order valence-electron chi connectivity index (χ2n) is 7.42. The minimum absolute atomic E-state index is 0.146. The molecule has 3 rings (SSSR count). The van der Waals surface area contributed by atoms with Gasteiger partial charge in [0.25, 0.3) is 0 Å². The number of carbonyl (C=O) groups is 2. The lowest BCUT2D eigenvalue weighted by atomic mass is 9.88. The fourth-order valence-electron chi connectivity index (χ4n) is 3.38. The minimum Gasteiger partial charge on any atom is -0.351 e. The van der Waals surface area contributed by atoms with E-state index in [1.807, 2.05) is 49.4 Å². The molecule has 136 valence electrons. The van der Waals surface area contributed by atoms with Gasteiger partial charge in [-0.25, -0.2) is 0 Å². The van der Waals surface area contributed by atoms with Crippen molar-refractivity contribution in [1.82, 2.24) is 5.32 Å². The number of fused-ring (bicyclic) bond motifs is 1. The van der Waals surface area contributed by atoms with Gasteiger partial charge in [-0.2, -0.15) is 0 Å². The molecule has 2 aromatic carbocycles. The van der Waals surface area contributed by atoms with Gasteiger partial charge in [-0.05, 0) is 56.4 Å². The van der Waals surface area contributed by atoms with Crippen molar-refractivity contribution in [3.05, 3.63) is 65.2 Å². The molecule has 1 aliphatic rings. The van der Waals surface area contributed by atoms with Gasteiger partial charge in [0.15, 0.2) is 0 Å². The molecular weight excluding hydrogens is 324 g/mol. The number of nitrogens with zero attached hydrogens (tertiary/aromatic N) is 1. The lowest BCUT2D eigenvalue weighted by molar-refractivity contribution is -0.140. The van der Waals surface area contributed by atoms with Crippen LogP contribution in [0, 0.1) is 12.3 Å². The van der Waals surface area contributed by atoms with Crippen LogP contribution in [-0.4, -0.2) is 18.4 Å². The highest BCUT2D eigenvalue weighted by atomic mass is 16.2. The van der Waals surface area contributed by atoms with Crippen LogP contribution >= 0.6 is 0 Å². The normalized spacial score (nSPS) is 13.9. The maximum Gasteiger partial charge on any atom is 0.242 e. The average Bonchev–Trinajstić information content (AvgIpc) is 2.66. The number of hydrogen-bond acceptors (Lipinski definition) is 2. The molecule has 26 heavy (non-hydrogen) atoms. The highest BCUT2D eigenvalue weighted by Crippen LogP contribution is 2.31. The van der Waals surface area contributed by atoms with Crippen molar-refractivity contribution in [3.63, 3.8) is 0 Å². The van der Waals surface area contributed by atoms with E-state index < -0.39 is 5.41 Å². The third-order valence-electron chi connectivity index (χ3n) is 5.16. The van der Waals surface area contributed by atoms with Crippen molar-refractivity contribution < 1.29 is 9.59 Å². The van der Waals surface area contributed by atoms with E-state index in [1.165, 1.54) is 5.56 Å². The SMILES string of the molecule is Cc1ccccc1CNC(=O)C(C)(C)C(=O)N1CCCc2ccccc21. The van der Waals surface area contributed by atoms with Gasteiger partial charge in [-0.15, -0.1) is 0 Å². The van der Waals surface area contributed by atoms with Gasteiger partial charge in [-0.3, -0.25) is 9.59 Å². The van der Waals surface area contributed by atoms with Crippen LogP contribution in [0.4, 0.5) is 5.69 Å². The molecular formula is C22H26N2O2. The second kappa shape index (κ2) is 7.32. The van der Waals surface area contributed by atoms with E-state index in [0.717, 1.165) is 29.7 Å². The monoisotopic (exact) mass is 350 g/mol. The average molecular weight is 350 g/mol. The summed E-state index contributed by atoms with van der Waals surface area (Å²) in [6.45, 7) is 6.52. The summed E-state index contributed by atoms with van der Waals surface area (Å²) in [6.07, 6.45) is 1.89. The lowest BCUT2D eigenvalue weighted by Crippen LogP contribution is -2.50. The summed E-state index contributed by atoms with van der Waals surface area (Å²) in [5.41, 5.74) is 3.17. The van der Waals surface area contributed by atoms with Crippen molar-refractivity contribution in [2.75, 3.05) is 11.4 Å². The zero-order chi connectivity index (χ0) is 18.7. The zero-order valence-corrected chi connectivity index (χ0v) is 15.7. The van der Waals surface area contributed by atoms with E-state index in [0.29, 0.717) is 13.1 Å². The summed E-state index contributed by atoms with van der Waals surface area (Å²) in [5, 5.41) is 2.94. The van der Waals surface area contributed by atoms with Crippen molar-refractivity contribution in [1.29, 1.82) is 0 Å². The molecule has 0 saturated carbocycles. The van der Waals surface area contributed by atoms with E-state index >= 15 is 0 Å². The Balaban J connectivity index is 1.74. The number of benzene rings is 2. The minimum atomic E-state index is -1.12. The summed E-state index contributed by atoms with van der Waals surface area (Å²) in [5.74, 6) is -0.388. The Morgan fingerprint density at radius 3 is 2.54 bits per heavy atom. The van der Waals surface area contributed by atoms with Crippen LogP contribution in [0.5, 0.6) is 0 Å². The molecule has 2 amide bonds. The summed E-state index contributed by atoms with van der Waals surface area (Å²) < 4.78 is 0. The molecule has 4 nitrogen and oxygen atoms in total. The summed E-state index contributed by atoms with van der Waals surface area (Å²) >= 11 is 0. The largest absolute Gasteiger partial charge is 0.351 e. The maximum absolute atomic E-state index is 13.2. The van der Waals surface area contributed by atoms with Gasteiger partial charge in [0.2, 0.25) is 11.8 Å². The highest BCUT2D eigenvalue weighted by Gasteiger charge is 2.40. The molecule has 4 heteroatoms. The predicted molar refractivity (Wildman–Crippen MR) is 104 cm³/mol. The van der Waals surface area contributed by atoms with Crippen LogP contribution in [0.15, 0.2) is 48.5 Å². The molecule has 0 atom stereocenters. The van der Waals surface area contributed by atoms with Crippen molar-refractivity contribution >= 4 is 17.5 Å². The van der Waals surface area contributed by atoms with Crippen LogP contribution in [0.1, 0.15) is 37.0 Å². The highest BCUT2D eigenvalue weighted by molar-refractivity contribution is 6.11. The zero-order valence-electron chi connectivity index (χ0n) is 15.7. The first-order chi connectivity index (χ1) is 12.4. The van der Waals surface area contributed by atoms with Gasteiger partial charge < -0.3 is 10.2 Å². The molecule has 0 radical (unpaired) electrons. The lowest BCUT2D eigenvalue weighted by Gasteiger charge is -2.35. The number of carbonyl (C=O) groups excluding carboxylic acids is 2. The quantitative estimate of drug-likeness (QED) is 0.856. The van der Waals surface area contributed by atoms with Crippen molar-refractivity contribution in [3.8, 4) is 0 Å². The summed E-state index contributed by atoms with van der Waals surface area (Å²) in [7, 11) is 0. The first-order valence-electron chi connectivity index (χ1n) is 9.14. The Kier molecular flexibility index (Phi) is 5.12. The smallest absolute Gasteiger partial charge is 0.242 e. The molecule has 2 aromatic rings. The van der Waals surface area contributed by atoms with Crippen molar-refractivity contribution in [2.24, 2.45) is 5.41 Å². The van der Waals surface area contributed by atoms with Crippen LogP contribution in [0.25, 0.3) is 0 Å². The standard InChI is InChI=1S/C22H26N2O2/c1-16-9-4-5-11-18(16)15-23-20(25)22(2,3)21(26)24-14-8-12-17-10-6-7-13-19(17)24/h4-7,9-11,13H,8,12,14-15H2,1-3H3,(H,23,25). The van der Waals surface area contributed by atoms with Crippen LogP contribution in [0.2, 0.25) is 0 Å². The molecule has 0 fully saturated rings. The van der Waals surface area contributed by atoms with Crippen molar-refractivity contribution in [2.45, 2.75) is 40.2 Å². The van der Waals surface area contributed by atoms with Crippen LogP contribution < -0.4 is 10.2 Å². The molecule has 0 bridgehead atoms. The van der Waals surface area contributed by atoms with Crippen LogP contribution in [-0.2, 0) is 22.6 Å². The van der Waals surface area contributed by atoms with E-state index in [9.17, 15) is 9.59 Å². The fraction of sp³-hybridized carbons (Fsp3) is 0.364. The van der Waals surface area contributed by atoms with Gasteiger partial charge >= 0.3 is 0 Å². The third kappa shape index (κ3) is 3.50. The number of hydrogen-bond donors (Lipinski definition) is 1. The van der Waals surface area contributed by atoms with E-state index in [1.54, 1.807) is 18.7 Å². The Morgan fingerprint density at radius 1 is 1.08 bits per heavy atom. The number of aryl methyl sites for hydroxylation is 2. The summed E-state index contributed by atoms with van der Waals surface area (Å²) in [4.78, 5) is 27.7. The fourth-order valence-corrected chi connectivity index (χ4v) is 3.38. The second-order valence-corrected chi connectivity index (χ2v) is 7.42. The Hall–Kier alpha value is -2.62. The molecule has 0 aromatic heterocycles. The molecule has 1 heterocycles. The van der Waals surface area contributed by atoms with E-state index in [2.05, 4.69) is 11.4 Å². The molecule has 1 N–H and O–H groups in total. The molecule has 0 spiro atoms. The number of rotatable bonds is 4. The maximum atomic E-state index is 13.2. The summed E-state index contributed by atoms with van der Waals surface area (Å²) in [6, 6.07) is 15.9. The first kappa shape index (κ1) is 18.2. The Bertz CT molecular complexity index is 826. The number of para-hydroxylation sites is 1. The molecule has 0 saturated heterocycles. The topological polar surface area (TPSA) is 49.4 Å². The van der Waals surface area contributed by atoms with Gasteiger partial charge in [0.05, 0.1) is 0 Å². The van der Waals surface area contributed by atoms with Gasteiger partial charge in [-0.1, -0.05) is 42.5 Å². The Labute approximate surface area is 155 Å². The number of anilines is 1. The predicted octanol–water partition coefficient (Wildman–Crippen LogP) is 3.62. The molecule has 0 aliphatic carbocycles. The first-order valence-corrected chi connectivity index (χ1v) is 9.14. The Morgan fingerprint density at radius 2 is 1.77 bits per heavy atom. The number of amides is 2. The third-order valence-corrected chi connectivity index (χ3v) is 5.16. The number of nitrogens with one attached hydrogen (secondary N) is 1. The van der Waals surface area contributed by atoms with E-state index in [4.69, 9.17) is 0 Å². The molecule has 0 unspecified atom stereocenters. The molecule has 1 aliphatic heterocycles.